The number of fused-ring (bicyclic) bond motifs is 1. The number of hydrogen-bond acceptors (Lipinski definition) is 5. The fourth-order valence-corrected chi connectivity index (χ4v) is 2.67. The molecule has 0 aliphatic carbocycles. The minimum Gasteiger partial charge on any atom is -0.497 e. The van der Waals surface area contributed by atoms with Gasteiger partial charge in [-0.1, -0.05) is 0 Å². The maximum atomic E-state index is 10.8. The lowest BCUT2D eigenvalue weighted by Gasteiger charge is -2.29. The fourth-order valence-electron chi connectivity index (χ4n) is 2.67. The Bertz CT molecular complexity index is 464. The molecule has 1 heterocycles. The van der Waals surface area contributed by atoms with E-state index in [9.17, 15) is 5.11 Å². The summed E-state index contributed by atoms with van der Waals surface area (Å²) in [5.41, 5.74) is 6.45. The zero-order valence-electron chi connectivity index (χ0n) is 11.8. The van der Waals surface area contributed by atoms with Crippen LogP contribution in [0.1, 0.15) is 18.4 Å². The van der Waals surface area contributed by atoms with Crippen molar-refractivity contribution in [2.45, 2.75) is 18.4 Å². The van der Waals surface area contributed by atoms with Crippen molar-refractivity contribution < 1.29 is 14.6 Å². The third kappa shape index (κ3) is 2.35. The lowest BCUT2D eigenvalue weighted by molar-refractivity contribution is 0.0375. The van der Waals surface area contributed by atoms with Crippen LogP contribution in [0.3, 0.4) is 0 Å². The van der Waals surface area contributed by atoms with Gasteiger partial charge in [-0.2, -0.15) is 0 Å². The highest BCUT2D eigenvalue weighted by Crippen LogP contribution is 2.44. The molecule has 1 atom stereocenters. The summed E-state index contributed by atoms with van der Waals surface area (Å²) in [6.45, 7) is 1.04. The Morgan fingerprint density at radius 3 is 2.68 bits per heavy atom. The van der Waals surface area contributed by atoms with Gasteiger partial charge in [-0.05, 0) is 18.9 Å². The van der Waals surface area contributed by atoms with Crippen molar-refractivity contribution in [3.8, 4) is 11.5 Å². The van der Waals surface area contributed by atoms with Crippen molar-refractivity contribution in [1.29, 1.82) is 0 Å². The van der Waals surface area contributed by atoms with E-state index in [-0.39, 0.29) is 6.54 Å². The topological polar surface area (TPSA) is 67.9 Å². The number of rotatable bonds is 3. The zero-order valence-corrected chi connectivity index (χ0v) is 11.8. The summed E-state index contributed by atoms with van der Waals surface area (Å²) in [5.74, 6) is 1.36. The van der Waals surface area contributed by atoms with Crippen LogP contribution in [-0.4, -0.2) is 39.5 Å². The molecule has 1 aliphatic heterocycles. The predicted molar refractivity (Wildman–Crippen MR) is 75.0 cm³/mol. The number of nitrogens with zero attached hydrogens (tertiary/aromatic N) is 1. The number of nitrogens with two attached hydrogens (primary N) is 1. The number of aliphatic hydroxyl groups is 1. The summed E-state index contributed by atoms with van der Waals surface area (Å²) in [6, 6.07) is 3.68. The first kappa shape index (κ1) is 14.0. The van der Waals surface area contributed by atoms with E-state index in [1.807, 2.05) is 19.2 Å². The quantitative estimate of drug-likeness (QED) is 0.857. The van der Waals surface area contributed by atoms with Gasteiger partial charge in [0.05, 0.1) is 19.9 Å². The van der Waals surface area contributed by atoms with Crippen LogP contribution in [0.25, 0.3) is 0 Å². The second kappa shape index (κ2) is 5.27. The van der Waals surface area contributed by atoms with Crippen molar-refractivity contribution in [2.24, 2.45) is 5.73 Å². The molecule has 2 rings (SSSR count). The van der Waals surface area contributed by atoms with Gasteiger partial charge in [-0.15, -0.1) is 0 Å². The van der Waals surface area contributed by atoms with E-state index in [1.54, 1.807) is 14.2 Å². The van der Waals surface area contributed by atoms with Crippen LogP contribution in [0.2, 0.25) is 0 Å². The van der Waals surface area contributed by atoms with Crippen LogP contribution in [0, 0.1) is 0 Å². The van der Waals surface area contributed by atoms with Gasteiger partial charge in [0.25, 0.3) is 0 Å². The maximum absolute atomic E-state index is 10.8. The van der Waals surface area contributed by atoms with E-state index in [0.717, 1.165) is 24.2 Å². The van der Waals surface area contributed by atoms with Crippen LogP contribution in [-0.2, 0) is 5.60 Å². The van der Waals surface area contributed by atoms with E-state index in [0.29, 0.717) is 17.9 Å². The first-order valence-corrected chi connectivity index (χ1v) is 6.46. The summed E-state index contributed by atoms with van der Waals surface area (Å²) in [5, 5.41) is 10.8. The highest BCUT2D eigenvalue weighted by atomic mass is 16.5. The van der Waals surface area contributed by atoms with Gasteiger partial charge in [0.2, 0.25) is 0 Å². The lowest BCUT2D eigenvalue weighted by atomic mass is 9.88. The maximum Gasteiger partial charge on any atom is 0.146 e. The standard InChI is InChI=1S/C14H22N2O3/c1-16-6-4-5-14(17,9-15)11-7-10(18-2)8-12(19-3)13(11)16/h7-8,17H,4-6,9,15H2,1-3H3. The molecule has 5 nitrogen and oxygen atoms in total. The lowest BCUT2D eigenvalue weighted by Crippen LogP contribution is -2.34. The second-order valence-electron chi connectivity index (χ2n) is 4.99. The van der Waals surface area contributed by atoms with Crippen molar-refractivity contribution in [2.75, 3.05) is 39.3 Å². The predicted octanol–water partition coefficient (Wildman–Crippen LogP) is 1.08. The number of ether oxygens (including phenoxy) is 2. The Kier molecular flexibility index (Phi) is 3.87. The summed E-state index contributed by atoms with van der Waals surface area (Å²) in [7, 11) is 5.22. The highest BCUT2D eigenvalue weighted by Gasteiger charge is 2.35. The number of anilines is 1. The Balaban J connectivity index is 2.68. The summed E-state index contributed by atoms with van der Waals surface area (Å²) in [4.78, 5) is 2.10. The molecule has 19 heavy (non-hydrogen) atoms. The minimum atomic E-state index is -1.03. The molecule has 0 bridgehead atoms. The van der Waals surface area contributed by atoms with Gasteiger partial charge in [-0.3, -0.25) is 0 Å². The van der Waals surface area contributed by atoms with Crippen molar-refractivity contribution >= 4 is 5.69 Å². The van der Waals surface area contributed by atoms with Gasteiger partial charge < -0.3 is 25.2 Å². The molecule has 0 saturated carbocycles. The molecule has 0 fully saturated rings. The largest absolute Gasteiger partial charge is 0.497 e. The second-order valence-corrected chi connectivity index (χ2v) is 4.99. The molecular weight excluding hydrogens is 244 g/mol. The van der Waals surface area contributed by atoms with Crippen LogP contribution in [0.15, 0.2) is 12.1 Å². The molecule has 0 aromatic heterocycles. The monoisotopic (exact) mass is 266 g/mol. The molecule has 0 amide bonds. The first-order chi connectivity index (χ1) is 9.05. The van der Waals surface area contributed by atoms with Crippen LogP contribution < -0.4 is 20.1 Å². The van der Waals surface area contributed by atoms with Gasteiger partial charge in [0, 0.05) is 31.8 Å². The molecule has 1 unspecified atom stereocenters. The van der Waals surface area contributed by atoms with Gasteiger partial charge in [0.1, 0.15) is 17.1 Å². The van der Waals surface area contributed by atoms with Gasteiger partial charge in [0.15, 0.2) is 0 Å². The summed E-state index contributed by atoms with van der Waals surface area (Å²) >= 11 is 0. The third-order valence-electron chi connectivity index (χ3n) is 3.81. The van der Waals surface area contributed by atoms with Gasteiger partial charge in [-0.25, -0.2) is 0 Å². The summed E-state index contributed by atoms with van der Waals surface area (Å²) < 4.78 is 10.7. The number of hydrogen-bond donors (Lipinski definition) is 2. The van der Waals surface area contributed by atoms with Crippen molar-refractivity contribution in [3.63, 3.8) is 0 Å². The Hall–Kier alpha value is -1.46. The van der Waals surface area contributed by atoms with E-state index in [2.05, 4.69) is 4.90 Å². The fraction of sp³-hybridized carbons (Fsp3) is 0.571. The van der Waals surface area contributed by atoms with E-state index in [1.165, 1.54) is 0 Å². The molecule has 5 heteroatoms. The van der Waals surface area contributed by atoms with Gasteiger partial charge >= 0.3 is 0 Å². The average molecular weight is 266 g/mol. The van der Waals surface area contributed by atoms with Crippen LogP contribution >= 0.6 is 0 Å². The summed E-state index contributed by atoms with van der Waals surface area (Å²) in [6.07, 6.45) is 1.52. The molecule has 0 spiro atoms. The molecule has 0 radical (unpaired) electrons. The van der Waals surface area contributed by atoms with Crippen molar-refractivity contribution in [3.05, 3.63) is 17.7 Å². The van der Waals surface area contributed by atoms with Crippen molar-refractivity contribution in [1.82, 2.24) is 0 Å². The molecule has 1 aliphatic rings. The van der Waals surface area contributed by atoms with Crippen LogP contribution in [0.5, 0.6) is 11.5 Å². The SMILES string of the molecule is COc1cc(OC)c2c(c1)C(O)(CN)CCCN2C. The third-order valence-corrected chi connectivity index (χ3v) is 3.81. The van der Waals surface area contributed by atoms with Crippen LogP contribution in [0.4, 0.5) is 5.69 Å². The number of benzene rings is 1. The van der Waals surface area contributed by atoms with E-state index < -0.39 is 5.60 Å². The van der Waals surface area contributed by atoms with E-state index >= 15 is 0 Å². The number of methoxy groups -OCH3 is 2. The molecule has 106 valence electrons. The van der Waals surface area contributed by atoms with E-state index in [4.69, 9.17) is 15.2 Å². The first-order valence-electron chi connectivity index (χ1n) is 6.46. The smallest absolute Gasteiger partial charge is 0.146 e. The minimum absolute atomic E-state index is 0.185. The highest BCUT2D eigenvalue weighted by molar-refractivity contribution is 5.68. The Morgan fingerprint density at radius 2 is 2.11 bits per heavy atom. The molecular formula is C14H22N2O3. The molecule has 0 saturated heterocycles. The normalized spacial score (nSPS) is 22.7. The molecule has 1 aromatic carbocycles. The Morgan fingerprint density at radius 1 is 1.37 bits per heavy atom. The Labute approximate surface area is 113 Å². The molecule has 3 N–H and O–H groups in total. The average Bonchev–Trinajstić information content (AvgIpc) is 2.56. The molecule has 1 aromatic rings. The zero-order chi connectivity index (χ0) is 14.0.